The number of carbonyl (C=O) groups is 2. The minimum Gasteiger partial charge on any atom is -0.488 e. The monoisotopic (exact) mass is 779 g/mol. The van der Waals surface area contributed by atoms with Gasteiger partial charge in [-0.15, -0.1) is 0 Å². The van der Waals surface area contributed by atoms with Gasteiger partial charge in [-0.25, -0.2) is 0 Å². The first-order valence-corrected chi connectivity index (χ1v) is 22.3. The van der Waals surface area contributed by atoms with Crippen molar-refractivity contribution >= 4 is 33.5 Å². The highest BCUT2D eigenvalue weighted by Crippen LogP contribution is 2.43. The largest absolute Gasteiger partial charge is 0.488 e. The summed E-state index contributed by atoms with van der Waals surface area (Å²) in [6.45, 7) is 10.9. The van der Waals surface area contributed by atoms with Crippen LogP contribution in [0.2, 0.25) is 0 Å². The number of hydrogen-bond acceptors (Lipinski definition) is 8. The second-order valence-electron chi connectivity index (χ2n) is 15.2. The van der Waals surface area contributed by atoms with Gasteiger partial charge in [0.1, 0.15) is 24.7 Å². The fraction of sp³-hybridized carbons (Fsp3) is 0.667. The van der Waals surface area contributed by atoms with Gasteiger partial charge in [-0.05, 0) is 25.7 Å². The zero-order chi connectivity index (χ0) is 40.1. The smallest absolute Gasteiger partial charge is 0.306 e. The molecule has 0 N–H and O–H groups in total. The third kappa shape index (κ3) is 18.3. The normalized spacial score (nSPS) is 12.5. The summed E-state index contributed by atoms with van der Waals surface area (Å²) >= 11 is 0. The van der Waals surface area contributed by atoms with E-state index >= 15 is 0 Å². The molecule has 8 heteroatoms. The Labute approximate surface area is 338 Å². The first-order chi connectivity index (χ1) is 27.5. The van der Waals surface area contributed by atoms with Gasteiger partial charge in [-0.2, -0.15) is 0 Å². The van der Waals surface area contributed by atoms with Crippen molar-refractivity contribution in [3.8, 4) is 11.5 Å². The molecule has 0 spiro atoms. The molecule has 0 aliphatic carbocycles. The number of hydrogen-bond donors (Lipinski definition) is 0. The molecule has 0 saturated carbocycles. The lowest BCUT2D eigenvalue weighted by atomic mass is 10.0. The topological polar surface area (TPSA) is 89.5 Å². The highest BCUT2D eigenvalue weighted by molar-refractivity contribution is 6.11. The van der Waals surface area contributed by atoms with Crippen LogP contribution in [0.5, 0.6) is 11.5 Å². The van der Waals surface area contributed by atoms with Crippen LogP contribution in [0.15, 0.2) is 48.5 Å². The molecule has 0 aliphatic rings. The van der Waals surface area contributed by atoms with Gasteiger partial charge in [0.25, 0.3) is 0 Å². The lowest BCUT2D eigenvalue weighted by Crippen LogP contribution is -2.30. The summed E-state index contributed by atoms with van der Waals surface area (Å²) < 4.78 is 37.3. The number of unbranched alkanes of at least 4 members (excludes halogenated alkanes) is 14. The predicted octanol–water partition coefficient (Wildman–Crippen LogP) is 12.5. The number of ether oxygens (including phenoxy) is 6. The first-order valence-electron chi connectivity index (χ1n) is 22.3. The Morgan fingerprint density at radius 2 is 0.750 bits per heavy atom. The van der Waals surface area contributed by atoms with Crippen molar-refractivity contribution in [2.24, 2.45) is 0 Å². The molecule has 0 aromatic heterocycles. The minimum absolute atomic E-state index is 0.163. The van der Waals surface area contributed by atoms with Crippen LogP contribution in [0, 0.1) is 0 Å². The quantitative estimate of drug-likeness (QED) is 0.0336. The summed E-state index contributed by atoms with van der Waals surface area (Å²) in [7, 11) is 0. The Morgan fingerprint density at radius 3 is 1.09 bits per heavy atom. The molecule has 0 bridgehead atoms. The van der Waals surface area contributed by atoms with E-state index in [1.165, 1.54) is 51.4 Å². The molecule has 0 amide bonds. The zero-order valence-corrected chi connectivity index (χ0v) is 35.4. The Bertz CT molecular complexity index is 1320. The van der Waals surface area contributed by atoms with Crippen molar-refractivity contribution < 1.29 is 38.0 Å². The summed E-state index contributed by atoms with van der Waals surface area (Å²) in [6, 6.07) is 16.1. The van der Waals surface area contributed by atoms with Gasteiger partial charge < -0.3 is 28.4 Å². The van der Waals surface area contributed by atoms with Crippen molar-refractivity contribution in [3.05, 3.63) is 48.5 Å². The van der Waals surface area contributed by atoms with Crippen molar-refractivity contribution in [1.82, 2.24) is 0 Å². The molecule has 0 aliphatic heterocycles. The van der Waals surface area contributed by atoms with Crippen LogP contribution < -0.4 is 9.47 Å². The third-order valence-corrected chi connectivity index (χ3v) is 10.1. The van der Waals surface area contributed by atoms with E-state index in [1.54, 1.807) is 0 Å². The molecular weight excluding hydrogens is 705 g/mol. The standard InChI is InChI=1S/C48H74O8/c1-5-9-13-17-19-31-45(49)55-39(35-51-33-25-15-11-7-3)37-53-47-41-27-21-23-29-43(41)48(44-30-24-22-28-42(44)47)54-38-40(36-52-34-26-16-12-8-4)56-46(50)32-20-18-14-10-6-2/h21-24,27-30,39-40H,5-20,25-26,31-38H2,1-4H3. The van der Waals surface area contributed by atoms with E-state index in [4.69, 9.17) is 28.4 Å². The molecule has 2 unspecified atom stereocenters. The number of fused-ring (bicyclic) bond motifs is 2. The van der Waals surface area contributed by atoms with Gasteiger partial charge in [0.15, 0.2) is 12.2 Å². The number of carbonyl (C=O) groups excluding carboxylic acids is 2. The molecule has 314 valence electrons. The molecule has 3 rings (SSSR count). The number of benzene rings is 3. The third-order valence-electron chi connectivity index (χ3n) is 10.1. The predicted molar refractivity (Wildman–Crippen MR) is 229 cm³/mol. The van der Waals surface area contributed by atoms with Crippen LogP contribution >= 0.6 is 0 Å². The SMILES string of the molecule is CCCCCCCC(=O)OC(COCCCCCC)COc1c2ccccc2c(OCC(COCCCCCC)OC(=O)CCCCCCC)c2ccccc12. The Balaban J connectivity index is 1.79. The Morgan fingerprint density at radius 1 is 0.429 bits per heavy atom. The van der Waals surface area contributed by atoms with Gasteiger partial charge in [-0.1, -0.05) is 166 Å². The number of rotatable bonds is 34. The molecule has 0 saturated heterocycles. The lowest BCUT2D eigenvalue weighted by Gasteiger charge is -2.23. The summed E-state index contributed by atoms with van der Waals surface area (Å²) in [5, 5.41) is 3.54. The van der Waals surface area contributed by atoms with E-state index in [2.05, 4.69) is 27.7 Å². The summed E-state index contributed by atoms with van der Waals surface area (Å²) in [6.07, 6.45) is 19.3. The average molecular weight is 779 g/mol. The minimum atomic E-state index is -0.540. The van der Waals surface area contributed by atoms with Crippen LogP contribution in [0.4, 0.5) is 0 Å². The molecule has 0 heterocycles. The second-order valence-corrected chi connectivity index (χ2v) is 15.2. The molecule has 3 aromatic carbocycles. The van der Waals surface area contributed by atoms with Gasteiger partial charge in [0.05, 0.1) is 13.2 Å². The Hall–Kier alpha value is -3.36. The summed E-state index contributed by atoms with van der Waals surface area (Å²) in [5.74, 6) is 0.988. The van der Waals surface area contributed by atoms with Gasteiger partial charge in [0, 0.05) is 47.6 Å². The van der Waals surface area contributed by atoms with Crippen LogP contribution in [0.1, 0.15) is 156 Å². The maximum absolute atomic E-state index is 13.0. The lowest BCUT2D eigenvalue weighted by molar-refractivity contribution is -0.155. The summed E-state index contributed by atoms with van der Waals surface area (Å²) in [4.78, 5) is 25.9. The molecule has 0 fully saturated rings. The Kier molecular flexibility index (Phi) is 25.0. The van der Waals surface area contributed by atoms with Crippen LogP contribution in [-0.4, -0.2) is 63.8 Å². The molecule has 0 radical (unpaired) electrons. The zero-order valence-electron chi connectivity index (χ0n) is 35.4. The molecule has 2 atom stereocenters. The van der Waals surface area contributed by atoms with Gasteiger partial charge in [-0.3, -0.25) is 9.59 Å². The van der Waals surface area contributed by atoms with Crippen molar-refractivity contribution in [2.45, 2.75) is 168 Å². The maximum atomic E-state index is 13.0. The van der Waals surface area contributed by atoms with E-state index in [-0.39, 0.29) is 38.4 Å². The maximum Gasteiger partial charge on any atom is 0.306 e. The van der Waals surface area contributed by atoms with Crippen LogP contribution in [0.25, 0.3) is 21.5 Å². The highest BCUT2D eigenvalue weighted by atomic mass is 16.6. The van der Waals surface area contributed by atoms with Gasteiger partial charge >= 0.3 is 11.9 Å². The number of esters is 2. The summed E-state index contributed by atoms with van der Waals surface area (Å²) in [5.41, 5.74) is 0. The molecule has 3 aromatic rings. The van der Waals surface area contributed by atoms with Crippen molar-refractivity contribution in [3.63, 3.8) is 0 Å². The van der Waals surface area contributed by atoms with E-state index in [1.807, 2.05) is 48.5 Å². The van der Waals surface area contributed by atoms with E-state index in [0.717, 1.165) is 85.8 Å². The fourth-order valence-electron chi connectivity index (χ4n) is 6.87. The second kappa shape index (κ2) is 29.8. The molecular formula is C48H74O8. The molecule has 56 heavy (non-hydrogen) atoms. The van der Waals surface area contributed by atoms with E-state index in [0.29, 0.717) is 37.6 Å². The van der Waals surface area contributed by atoms with Crippen molar-refractivity contribution in [2.75, 3.05) is 39.6 Å². The molecule has 8 nitrogen and oxygen atoms in total. The highest BCUT2D eigenvalue weighted by Gasteiger charge is 2.22. The first kappa shape index (κ1) is 47.0. The van der Waals surface area contributed by atoms with Gasteiger partial charge in [0.2, 0.25) is 0 Å². The van der Waals surface area contributed by atoms with Crippen molar-refractivity contribution in [1.29, 1.82) is 0 Å². The van der Waals surface area contributed by atoms with Crippen LogP contribution in [-0.2, 0) is 28.5 Å². The average Bonchev–Trinajstić information content (AvgIpc) is 3.21. The van der Waals surface area contributed by atoms with E-state index < -0.39 is 12.2 Å². The van der Waals surface area contributed by atoms with E-state index in [9.17, 15) is 9.59 Å². The van der Waals surface area contributed by atoms with Crippen LogP contribution in [0.3, 0.4) is 0 Å². The fourth-order valence-corrected chi connectivity index (χ4v) is 6.87.